The molecule has 7 rings (SSSR count). The Kier molecular flexibility index (Phi) is 6.94. The van der Waals surface area contributed by atoms with E-state index in [0.717, 1.165) is 70.6 Å². The number of nitrogens with zero attached hydrogens (tertiary/aromatic N) is 9. The minimum Gasteiger partial charge on any atom is -0.368 e. The van der Waals surface area contributed by atoms with Gasteiger partial charge in [-0.15, -0.1) is 5.10 Å². The van der Waals surface area contributed by atoms with Crippen LogP contribution in [0, 0.1) is 22.7 Å². The number of aromatic nitrogens is 4. The fraction of sp³-hybridized carbons (Fsp3) is 0.500. The van der Waals surface area contributed by atoms with Gasteiger partial charge in [-0.25, -0.2) is 4.98 Å². The van der Waals surface area contributed by atoms with Crippen LogP contribution in [-0.2, 0) is 9.53 Å². The van der Waals surface area contributed by atoms with Crippen LogP contribution in [0.5, 0.6) is 0 Å². The number of ether oxygens (including phenoxy) is 1. The first-order valence-electron chi connectivity index (χ1n) is 14.3. The van der Waals surface area contributed by atoms with E-state index >= 15 is 0 Å². The number of nitrogens with one attached hydrogen (secondary N) is 2. The highest BCUT2D eigenvalue weighted by Gasteiger charge is 2.39. The Morgan fingerprint density at radius 3 is 2.60 bits per heavy atom. The van der Waals surface area contributed by atoms with Crippen LogP contribution < -0.4 is 15.5 Å². The number of fused-ring (bicyclic) bond motifs is 1. The van der Waals surface area contributed by atoms with E-state index in [1.165, 1.54) is 10.7 Å². The van der Waals surface area contributed by atoms with Gasteiger partial charge in [0.1, 0.15) is 12.2 Å². The molecule has 4 fully saturated rings. The Labute approximate surface area is 247 Å². The molecule has 42 heavy (non-hydrogen) atoms. The maximum atomic E-state index is 12.6. The molecule has 1 amide bonds. The van der Waals surface area contributed by atoms with E-state index in [2.05, 4.69) is 47.6 Å². The van der Waals surface area contributed by atoms with Crippen molar-refractivity contribution in [3.05, 3.63) is 34.6 Å². The van der Waals surface area contributed by atoms with Gasteiger partial charge in [0.15, 0.2) is 17.2 Å². The van der Waals surface area contributed by atoms with Gasteiger partial charge in [-0.3, -0.25) is 9.69 Å². The zero-order valence-electron chi connectivity index (χ0n) is 23.0. The van der Waals surface area contributed by atoms with Crippen LogP contribution >= 0.6 is 11.6 Å². The normalized spacial score (nSPS) is 21.2. The Hall–Kier alpha value is -4.17. The van der Waals surface area contributed by atoms with Crippen LogP contribution in [0.1, 0.15) is 36.9 Å². The Morgan fingerprint density at radius 1 is 1.10 bits per heavy atom. The second kappa shape index (κ2) is 10.9. The van der Waals surface area contributed by atoms with Gasteiger partial charge in [0, 0.05) is 58.0 Å². The van der Waals surface area contributed by atoms with Crippen molar-refractivity contribution in [2.45, 2.75) is 43.9 Å². The van der Waals surface area contributed by atoms with Crippen molar-refractivity contribution < 1.29 is 9.53 Å². The molecular formula is C28H30ClN11O2. The number of benzene rings is 1. The van der Waals surface area contributed by atoms with Crippen molar-refractivity contribution in [3.8, 4) is 12.1 Å². The minimum absolute atomic E-state index is 0.123. The van der Waals surface area contributed by atoms with Crippen molar-refractivity contribution in [2.75, 3.05) is 61.4 Å². The standard InChI is InChI=1S/C28H30ClN11O2/c29-24-21(34-28-35-25(33-18-3-4-18)26-32-14-19(13-31)40(26)36-28)10-17(12-30)11-22(24)38-7-5-37(6-8-38)20-15-39(16-20)27(41)23-2-1-9-42-23/h10-11,14,18,20,23H,1-9,15-16H2,(H2,33,34,35,36). The number of hydrogen-bond donors (Lipinski definition) is 2. The highest BCUT2D eigenvalue weighted by molar-refractivity contribution is 6.36. The first-order chi connectivity index (χ1) is 20.5. The number of imidazole rings is 1. The smallest absolute Gasteiger partial charge is 0.251 e. The molecule has 3 aliphatic heterocycles. The maximum absolute atomic E-state index is 12.6. The van der Waals surface area contributed by atoms with Crippen LogP contribution in [0.3, 0.4) is 0 Å². The number of anilines is 4. The molecule has 1 unspecified atom stereocenters. The van der Waals surface area contributed by atoms with E-state index in [0.29, 0.717) is 46.4 Å². The molecule has 13 nitrogen and oxygen atoms in total. The molecule has 2 N–H and O–H groups in total. The van der Waals surface area contributed by atoms with E-state index in [4.69, 9.17) is 16.3 Å². The van der Waals surface area contributed by atoms with Gasteiger partial charge >= 0.3 is 0 Å². The lowest BCUT2D eigenvalue weighted by Gasteiger charge is -2.49. The number of likely N-dealkylation sites (tertiary alicyclic amines) is 1. The predicted octanol–water partition coefficient (Wildman–Crippen LogP) is 2.35. The minimum atomic E-state index is -0.262. The summed E-state index contributed by atoms with van der Waals surface area (Å²) in [5.41, 5.74) is 2.49. The molecule has 0 radical (unpaired) electrons. The van der Waals surface area contributed by atoms with Crippen molar-refractivity contribution >= 4 is 46.3 Å². The summed E-state index contributed by atoms with van der Waals surface area (Å²) < 4.78 is 7.02. The van der Waals surface area contributed by atoms with Crippen LogP contribution in [0.25, 0.3) is 5.65 Å². The first-order valence-corrected chi connectivity index (χ1v) is 14.7. The molecule has 1 atom stereocenters. The third-order valence-corrected chi connectivity index (χ3v) is 8.77. The number of nitriles is 2. The van der Waals surface area contributed by atoms with Gasteiger partial charge in [-0.1, -0.05) is 11.6 Å². The number of piperazine rings is 1. The SMILES string of the molecule is N#Cc1cc(Nc2nc(NC3CC3)c3ncc(C#N)n3n2)c(Cl)c(N2CCN(C3CN(C(=O)C4CCCO4)C3)CC2)c1. The second-order valence-electron chi connectivity index (χ2n) is 11.2. The first kappa shape index (κ1) is 26.7. The maximum Gasteiger partial charge on any atom is 0.251 e. The molecule has 3 saturated heterocycles. The highest BCUT2D eigenvalue weighted by Crippen LogP contribution is 2.37. The van der Waals surface area contributed by atoms with Crippen molar-refractivity contribution in [1.82, 2.24) is 29.4 Å². The van der Waals surface area contributed by atoms with Crippen LogP contribution in [-0.4, -0.2) is 99.4 Å². The van der Waals surface area contributed by atoms with Crippen molar-refractivity contribution in [2.24, 2.45) is 0 Å². The number of rotatable bonds is 7. The van der Waals surface area contributed by atoms with E-state index in [1.54, 1.807) is 6.07 Å². The fourth-order valence-corrected chi connectivity index (χ4v) is 6.09. The molecule has 2 aromatic heterocycles. The van der Waals surface area contributed by atoms with Gasteiger partial charge in [0.2, 0.25) is 5.95 Å². The quantitative estimate of drug-likeness (QED) is 0.419. The Morgan fingerprint density at radius 2 is 1.90 bits per heavy atom. The lowest BCUT2D eigenvalue weighted by Crippen LogP contribution is -2.65. The molecule has 3 aromatic rings. The zero-order chi connectivity index (χ0) is 28.8. The zero-order valence-corrected chi connectivity index (χ0v) is 23.7. The number of halogens is 1. The molecule has 5 heterocycles. The topological polar surface area (TPSA) is 151 Å². The lowest BCUT2D eigenvalue weighted by molar-refractivity contribution is -0.148. The van der Waals surface area contributed by atoms with Gasteiger partial charge in [0.25, 0.3) is 5.91 Å². The molecular weight excluding hydrogens is 558 g/mol. The largest absolute Gasteiger partial charge is 0.368 e. The van der Waals surface area contributed by atoms with Gasteiger partial charge in [0.05, 0.1) is 34.2 Å². The van der Waals surface area contributed by atoms with Gasteiger partial charge < -0.3 is 25.2 Å². The average Bonchev–Trinajstić information content (AvgIpc) is 3.44. The van der Waals surface area contributed by atoms with E-state index in [9.17, 15) is 15.3 Å². The molecule has 1 aromatic carbocycles. The Balaban J connectivity index is 1.06. The van der Waals surface area contributed by atoms with Gasteiger partial charge in [-0.2, -0.15) is 20.0 Å². The van der Waals surface area contributed by atoms with Gasteiger partial charge in [-0.05, 0) is 37.8 Å². The molecule has 14 heteroatoms. The number of carbonyl (C=O) groups excluding carboxylic acids is 1. The summed E-state index contributed by atoms with van der Waals surface area (Å²) in [6.45, 7) is 5.29. The summed E-state index contributed by atoms with van der Waals surface area (Å²) in [7, 11) is 0. The fourth-order valence-electron chi connectivity index (χ4n) is 5.81. The third kappa shape index (κ3) is 5.04. The van der Waals surface area contributed by atoms with Crippen LogP contribution in [0.4, 0.5) is 23.1 Å². The molecule has 1 saturated carbocycles. The summed E-state index contributed by atoms with van der Waals surface area (Å²) in [6, 6.07) is 8.50. The Bertz CT molecular complexity index is 1600. The molecule has 0 bridgehead atoms. The lowest BCUT2D eigenvalue weighted by atomic mass is 10.0. The van der Waals surface area contributed by atoms with Crippen LogP contribution in [0.15, 0.2) is 18.3 Å². The predicted molar refractivity (Wildman–Crippen MR) is 155 cm³/mol. The molecule has 1 aliphatic carbocycles. The second-order valence-corrected chi connectivity index (χ2v) is 11.6. The third-order valence-electron chi connectivity index (χ3n) is 8.37. The summed E-state index contributed by atoms with van der Waals surface area (Å²) in [5, 5.41) is 30.8. The van der Waals surface area contributed by atoms with E-state index in [1.807, 2.05) is 11.0 Å². The average molecular weight is 588 g/mol. The number of hydrogen-bond acceptors (Lipinski definition) is 11. The molecule has 216 valence electrons. The summed E-state index contributed by atoms with van der Waals surface area (Å²) in [5.74, 6) is 0.894. The van der Waals surface area contributed by atoms with Crippen LogP contribution in [0.2, 0.25) is 5.02 Å². The monoisotopic (exact) mass is 587 g/mol. The van der Waals surface area contributed by atoms with E-state index in [-0.39, 0.29) is 23.7 Å². The molecule has 0 spiro atoms. The summed E-state index contributed by atoms with van der Waals surface area (Å²) in [6.07, 6.45) is 5.07. The number of carbonyl (C=O) groups is 1. The molecule has 4 aliphatic rings. The number of amides is 1. The van der Waals surface area contributed by atoms with Crippen molar-refractivity contribution in [3.63, 3.8) is 0 Å². The van der Waals surface area contributed by atoms with Crippen molar-refractivity contribution in [1.29, 1.82) is 10.5 Å². The van der Waals surface area contributed by atoms with E-state index < -0.39 is 0 Å². The summed E-state index contributed by atoms with van der Waals surface area (Å²) >= 11 is 6.94. The summed E-state index contributed by atoms with van der Waals surface area (Å²) in [4.78, 5) is 28.1. The highest BCUT2D eigenvalue weighted by atomic mass is 35.5.